The Hall–Kier alpha value is -0.330. The van der Waals surface area contributed by atoms with Gasteiger partial charge in [0.05, 0.1) is 0 Å². The van der Waals surface area contributed by atoms with E-state index in [1.807, 2.05) is 0 Å². The summed E-state index contributed by atoms with van der Waals surface area (Å²) in [5, 5.41) is 0. The van der Waals surface area contributed by atoms with Crippen molar-refractivity contribution in [2.45, 2.75) is 99.3 Å². The smallest absolute Gasteiger partial charge is 0.132 e. The Bertz CT molecular complexity index is 331. The van der Waals surface area contributed by atoms with Crippen LogP contribution in [0, 0.1) is 22.7 Å². The molecule has 3 atom stereocenters. The summed E-state index contributed by atoms with van der Waals surface area (Å²) in [5.74, 6) is 1.49. The molecule has 0 aliphatic heterocycles. The minimum atomic E-state index is 0.282. The van der Waals surface area contributed by atoms with E-state index in [9.17, 15) is 4.79 Å². The van der Waals surface area contributed by atoms with Crippen LogP contribution < -0.4 is 0 Å². The molecule has 1 heteroatoms. The number of Topliss-reactive ketones (excluding diaryl/α,β-unsaturated/α-hetero) is 1. The van der Waals surface area contributed by atoms with E-state index < -0.39 is 0 Å². The van der Waals surface area contributed by atoms with Crippen molar-refractivity contribution < 1.29 is 4.79 Å². The molecule has 0 radical (unpaired) electrons. The van der Waals surface area contributed by atoms with Gasteiger partial charge in [-0.05, 0) is 49.4 Å². The van der Waals surface area contributed by atoms with Gasteiger partial charge in [-0.2, -0.15) is 0 Å². The van der Waals surface area contributed by atoms with Gasteiger partial charge in [0.2, 0.25) is 0 Å². The van der Waals surface area contributed by atoms with Crippen LogP contribution in [0.15, 0.2) is 0 Å². The van der Waals surface area contributed by atoms with E-state index in [4.69, 9.17) is 0 Å². The van der Waals surface area contributed by atoms with Gasteiger partial charge >= 0.3 is 0 Å². The van der Waals surface area contributed by atoms with Gasteiger partial charge in [0.15, 0.2) is 0 Å². The Balaban J connectivity index is 2.91. The van der Waals surface area contributed by atoms with Crippen LogP contribution in [-0.4, -0.2) is 5.78 Å². The van der Waals surface area contributed by atoms with Gasteiger partial charge in [0, 0.05) is 5.92 Å². The van der Waals surface area contributed by atoms with Crippen molar-refractivity contribution in [3.8, 4) is 0 Å². The molecule has 0 aromatic carbocycles. The molecular weight excluding hydrogens is 256 g/mol. The summed E-state index contributed by atoms with van der Waals surface area (Å²) < 4.78 is 0. The van der Waals surface area contributed by atoms with Crippen LogP contribution in [0.2, 0.25) is 0 Å². The van der Waals surface area contributed by atoms with Crippen LogP contribution in [0.5, 0.6) is 0 Å². The first kappa shape index (κ1) is 18.7. The quantitative estimate of drug-likeness (QED) is 0.586. The molecule has 0 spiro atoms. The lowest BCUT2D eigenvalue weighted by molar-refractivity contribution is -0.122. The molecular formula is C20H38O. The summed E-state index contributed by atoms with van der Waals surface area (Å²) in [6.45, 7) is 13.8. The van der Waals surface area contributed by atoms with E-state index in [1.54, 1.807) is 6.92 Å². The molecule has 3 unspecified atom stereocenters. The first-order chi connectivity index (χ1) is 9.70. The zero-order valence-corrected chi connectivity index (χ0v) is 15.4. The fourth-order valence-corrected chi connectivity index (χ4v) is 4.67. The van der Waals surface area contributed by atoms with E-state index >= 15 is 0 Å². The van der Waals surface area contributed by atoms with Gasteiger partial charge in [-0.1, -0.05) is 66.7 Å². The molecule has 0 heterocycles. The number of ketones is 1. The lowest BCUT2D eigenvalue weighted by Crippen LogP contribution is -2.34. The molecule has 21 heavy (non-hydrogen) atoms. The van der Waals surface area contributed by atoms with Gasteiger partial charge < -0.3 is 0 Å². The molecule has 1 nitrogen and oxygen atoms in total. The molecule has 124 valence electrons. The molecule has 0 amide bonds. The molecule has 1 rings (SSSR count). The molecule has 1 fully saturated rings. The molecule has 0 aromatic rings. The minimum Gasteiger partial charge on any atom is -0.300 e. The third kappa shape index (κ3) is 5.75. The van der Waals surface area contributed by atoms with Gasteiger partial charge in [-0.25, -0.2) is 0 Å². The summed E-state index contributed by atoms with van der Waals surface area (Å²) in [6, 6.07) is 0. The SMILES string of the molecule is CCCC(C)C1(C)CCCCCC(C(C)=O)CC(C)(C)C1. The van der Waals surface area contributed by atoms with Crippen molar-refractivity contribution in [2.75, 3.05) is 0 Å². The van der Waals surface area contributed by atoms with E-state index in [0.717, 1.165) is 18.8 Å². The predicted molar refractivity (Wildman–Crippen MR) is 92.5 cm³/mol. The second-order valence-corrected chi connectivity index (χ2v) is 8.80. The monoisotopic (exact) mass is 294 g/mol. The number of carbonyl (C=O) groups excluding carboxylic acids is 1. The van der Waals surface area contributed by atoms with Crippen LogP contribution in [-0.2, 0) is 4.79 Å². The second-order valence-electron chi connectivity index (χ2n) is 8.80. The van der Waals surface area contributed by atoms with E-state index in [2.05, 4.69) is 34.6 Å². The van der Waals surface area contributed by atoms with Crippen molar-refractivity contribution in [1.82, 2.24) is 0 Å². The zero-order valence-electron chi connectivity index (χ0n) is 15.4. The largest absolute Gasteiger partial charge is 0.300 e. The van der Waals surface area contributed by atoms with Gasteiger partial charge in [0.1, 0.15) is 5.78 Å². The number of rotatable bonds is 4. The van der Waals surface area contributed by atoms with Crippen molar-refractivity contribution in [2.24, 2.45) is 22.7 Å². The summed E-state index contributed by atoms with van der Waals surface area (Å²) in [6.07, 6.45) is 11.3. The van der Waals surface area contributed by atoms with Crippen LogP contribution in [0.25, 0.3) is 0 Å². The maximum absolute atomic E-state index is 11.9. The first-order valence-electron chi connectivity index (χ1n) is 9.20. The Morgan fingerprint density at radius 2 is 1.86 bits per heavy atom. The average Bonchev–Trinajstić information content (AvgIpc) is 2.35. The highest BCUT2D eigenvalue weighted by molar-refractivity contribution is 5.78. The molecule has 0 bridgehead atoms. The summed E-state index contributed by atoms with van der Waals surface area (Å²) in [4.78, 5) is 11.9. The van der Waals surface area contributed by atoms with Crippen molar-refractivity contribution in [1.29, 1.82) is 0 Å². The summed E-state index contributed by atoms with van der Waals surface area (Å²) >= 11 is 0. The second kappa shape index (κ2) is 7.79. The highest BCUT2D eigenvalue weighted by Gasteiger charge is 2.38. The van der Waals surface area contributed by atoms with E-state index in [-0.39, 0.29) is 5.41 Å². The predicted octanol–water partition coefficient (Wildman–Crippen LogP) is 6.40. The topological polar surface area (TPSA) is 17.1 Å². The third-order valence-electron chi connectivity index (χ3n) is 5.97. The van der Waals surface area contributed by atoms with Gasteiger partial charge in [-0.15, -0.1) is 0 Å². The van der Waals surface area contributed by atoms with Crippen LogP contribution in [0.4, 0.5) is 0 Å². The van der Waals surface area contributed by atoms with Crippen LogP contribution in [0.1, 0.15) is 99.3 Å². The third-order valence-corrected chi connectivity index (χ3v) is 5.97. The minimum absolute atomic E-state index is 0.282. The zero-order chi connectivity index (χ0) is 16.1. The molecule has 1 aliphatic carbocycles. The maximum Gasteiger partial charge on any atom is 0.132 e. The number of hydrogen-bond donors (Lipinski definition) is 0. The van der Waals surface area contributed by atoms with Crippen LogP contribution in [0.3, 0.4) is 0 Å². The average molecular weight is 295 g/mol. The Labute approximate surface area is 133 Å². The lowest BCUT2D eigenvalue weighted by atomic mass is 9.61. The van der Waals surface area contributed by atoms with E-state index in [1.165, 1.54) is 44.9 Å². The number of hydrogen-bond acceptors (Lipinski definition) is 1. The van der Waals surface area contributed by atoms with Crippen molar-refractivity contribution >= 4 is 5.78 Å². The highest BCUT2D eigenvalue weighted by Crippen LogP contribution is 2.48. The molecule has 0 saturated heterocycles. The Morgan fingerprint density at radius 3 is 2.43 bits per heavy atom. The van der Waals surface area contributed by atoms with Crippen molar-refractivity contribution in [3.63, 3.8) is 0 Å². The van der Waals surface area contributed by atoms with Gasteiger partial charge in [0.25, 0.3) is 0 Å². The highest BCUT2D eigenvalue weighted by atomic mass is 16.1. The van der Waals surface area contributed by atoms with Gasteiger partial charge in [-0.3, -0.25) is 4.79 Å². The normalized spacial score (nSPS) is 32.4. The molecule has 0 N–H and O–H groups in total. The Morgan fingerprint density at radius 1 is 1.19 bits per heavy atom. The van der Waals surface area contributed by atoms with Crippen molar-refractivity contribution in [3.05, 3.63) is 0 Å². The first-order valence-corrected chi connectivity index (χ1v) is 9.20. The van der Waals surface area contributed by atoms with Crippen LogP contribution >= 0.6 is 0 Å². The Kier molecular flexibility index (Phi) is 6.94. The van der Waals surface area contributed by atoms with E-state index in [0.29, 0.717) is 17.1 Å². The molecule has 0 aromatic heterocycles. The lowest BCUT2D eigenvalue weighted by Gasteiger charge is -2.44. The molecule has 1 aliphatic rings. The molecule has 1 saturated carbocycles. The number of carbonyl (C=O) groups is 1. The maximum atomic E-state index is 11.9. The fraction of sp³-hybridized carbons (Fsp3) is 0.950. The fourth-order valence-electron chi connectivity index (χ4n) is 4.67. The summed E-state index contributed by atoms with van der Waals surface area (Å²) in [5.41, 5.74) is 0.725. The summed E-state index contributed by atoms with van der Waals surface area (Å²) in [7, 11) is 0. The standard InChI is InChI=1S/C20H38O/c1-7-11-16(2)20(6)13-10-8-9-12-18(17(3)21)14-19(4,5)15-20/h16,18H,7-15H2,1-6H3.